The molecule has 29 heavy (non-hydrogen) atoms. The van der Waals surface area contributed by atoms with Crippen molar-refractivity contribution in [2.24, 2.45) is 0 Å². The van der Waals surface area contributed by atoms with Crippen LogP contribution < -0.4 is 10.6 Å². The van der Waals surface area contributed by atoms with Gasteiger partial charge in [-0.3, -0.25) is 10.3 Å². The molecule has 3 N–H and O–H groups in total. The fourth-order valence-electron chi connectivity index (χ4n) is 3.34. The number of carbonyl (C=O) groups excluding carboxylic acids is 1. The third-order valence-corrected chi connectivity index (χ3v) is 5.33. The number of carbonyl (C=O) groups is 1. The molecule has 0 saturated carbocycles. The summed E-state index contributed by atoms with van der Waals surface area (Å²) in [6.07, 6.45) is 2.44. The highest BCUT2D eigenvalue weighted by Crippen LogP contribution is 2.16. The van der Waals surface area contributed by atoms with Crippen molar-refractivity contribution in [2.45, 2.75) is 24.7 Å². The Bertz CT molecular complexity index is 831. The summed E-state index contributed by atoms with van der Waals surface area (Å²) < 4.78 is 0. The third kappa shape index (κ3) is 6.24. The van der Waals surface area contributed by atoms with E-state index >= 15 is 0 Å². The van der Waals surface area contributed by atoms with Gasteiger partial charge in [0.2, 0.25) is 0 Å². The van der Waals surface area contributed by atoms with Crippen LogP contribution in [0.3, 0.4) is 0 Å². The van der Waals surface area contributed by atoms with Gasteiger partial charge in [-0.2, -0.15) is 0 Å². The Morgan fingerprint density at radius 1 is 1.03 bits per heavy atom. The Kier molecular flexibility index (Phi) is 7.55. The second-order valence-electron chi connectivity index (χ2n) is 7.24. The summed E-state index contributed by atoms with van der Waals surface area (Å²) in [4.78, 5) is 17.7. The lowest BCUT2D eigenvalue weighted by molar-refractivity contribution is 0.180. The molecule has 1 fully saturated rings. The number of thiol groups is 1. The van der Waals surface area contributed by atoms with E-state index in [1.165, 1.54) is 12.8 Å². The normalized spacial score (nSPS) is 14.5. The van der Waals surface area contributed by atoms with Crippen LogP contribution in [0.2, 0.25) is 0 Å². The number of anilines is 2. The van der Waals surface area contributed by atoms with Crippen LogP contribution in [0, 0.1) is 5.41 Å². The highest BCUT2D eigenvalue weighted by Gasteiger charge is 2.19. The van der Waals surface area contributed by atoms with Gasteiger partial charge in [0.1, 0.15) is 5.84 Å². The van der Waals surface area contributed by atoms with Gasteiger partial charge in [0.15, 0.2) is 0 Å². The highest BCUT2D eigenvalue weighted by atomic mass is 32.1. The van der Waals surface area contributed by atoms with Crippen LogP contribution in [0.1, 0.15) is 25.3 Å². The van der Waals surface area contributed by atoms with E-state index in [2.05, 4.69) is 40.0 Å². The first kappa shape index (κ1) is 21.2. The third-order valence-electron chi connectivity index (χ3n) is 5.04. The molecule has 6 nitrogen and oxygen atoms in total. The van der Waals surface area contributed by atoms with Crippen molar-refractivity contribution in [3.05, 3.63) is 54.1 Å². The molecule has 0 atom stereocenters. The maximum Gasteiger partial charge on any atom is 0.323 e. The second-order valence-corrected chi connectivity index (χ2v) is 7.75. The molecule has 1 aliphatic rings. The molecule has 154 valence electrons. The second kappa shape index (κ2) is 10.3. The Balaban J connectivity index is 1.55. The Morgan fingerprint density at radius 3 is 2.41 bits per heavy atom. The van der Waals surface area contributed by atoms with Gasteiger partial charge in [-0.25, -0.2) is 4.79 Å². The molecule has 0 bridgehead atoms. The van der Waals surface area contributed by atoms with Crippen molar-refractivity contribution in [2.75, 3.05) is 43.4 Å². The molecule has 1 aliphatic heterocycles. The average Bonchev–Trinajstić information content (AvgIpc) is 2.74. The molecular formula is C22H29N5OS. The van der Waals surface area contributed by atoms with Crippen molar-refractivity contribution in [3.63, 3.8) is 0 Å². The summed E-state index contributed by atoms with van der Waals surface area (Å²) in [7, 11) is 0. The summed E-state index contributed by atoms with van der Waals surface area (Å²) in [5.74, 6) is 0.508. The number of rotatable bonds is 6. The topological polar surface area (TPSA) is 71.5 Å². The van der Waals surface area contributed by atoms with Gasteiger partial charge in [0.05, 0.1) is 0 Å². The molecule has 2 amide bonds. The van der Waals surface area contributed by atoms with Crippen molar-refractivity contribution in [3.8, 4) is 0 Å². The molecule has 0 aliphatic carbocycles. The predicted octanol–water partition coefficient (Wildman–Crippen LogP) is 4.36. The zero-order valence-corrected chi connectivity index (χ0v) is 17.7. The highest BCUT2D eigenvalue weighted by molar-refractivity contribution is 7.80. The van der Waals surface area contributed by atoms with E-state index in [9.17, 15) is 4.79 Å². The van der Waals surface area contributed by atoms with E-state index in [0.29, 0.717) is 17.2 Å². The van der Waals surface area contributed by atoms with Gasteiger partial charge in [0.25, 0.3) is 0 Å². The van der Waals surface area contributed by atoms with Crippen LogP contribution in [-0.4, -0.2) is 54.4 Å². The summed E-state index contributed by atoms with van der Waals surface area (Å²) in [6, 6.07) is 14.4. The average molecular weight is 412 g/mol. The van der Waals surface area contributed by atoms with Crippen LogP contribution in [0.4, 0.5) is 16.2 Å². The van der Waals surface area contributed by atoms with Gasteiger partial charge >= 0.3 is 6.03 Å². The van der Waals surface area contributed by atoms with Gasteiger partial charge in [-0.1, -0.05) is 25.5 Å². The first-order valence-electron chi connectivity index (χ1n) is 10.1. The monoisotopic (exact) mass is 411 g/mol. The smallest absolute Gasteiger partial charge is 0.323 e. The van der Waals surface area contributed by atoms with Crippen LogP contribution >= 0.6 is 12.6 Å². The molecule has 2 aromatic carbocycles. The zero-order valence-electron chi connectivity index (χ0n) is 16.8. The minimum Gasteiger partial charge on any atom is -0.354 e. The first-order chi connectivity index (χ1) is 14.0. The first-order valence-corrected chi connectivity index (χ1v) is 10.5. The fourth-order valence-corrected chi connectivity index (χ4v) is 3.49. The largest absolute Gasteiger partial charge is 0.354 e. The number of amides is 2. The summed E-state index contributed by atoms with van der Waals surface area (Å²) in [5, 5.41) is 14.2. The zero-order chi connectivity index (χ0) is 20.6. The lowest BCUT2D eigenvalue weighted by Gasteiger charge is -2.36. The van der Waals surface area contributed by atoms with Crippen molar-refractivity contribution in [1.82, 2.24) is 9.80 Å². The van der Waals surface area contributed by atoms with E-state index in [0.717, 1.165) is 43.2 Å². The van der Waals surface area contributed by atoms with E-state index < -0.39 is 0 Å². The standard InChI is InChI=1S/C22H29N5OS/c1-2-3-11-26-12-14-27(15-13-26)21(23)17-5-4-6-19(16-17)25-22(28)24-18-7-9-20(29)10-8-18/h4-10,16,23,29H,2-3,11-15H2,1H3,(H2,24,25,28). The number of nitrogens with one attached hydrogen (secondary N) is 3. The van der Waals surface area contributed by atoms with Gasteiger partial charge < -0.3 is 15.5 Å². The van der Waals surface area contributed by atoms with E-state index in [1.54, 1.807) is 12.1 Å². The number of nitrogens with zero attached hydrogens (tertiary/aromatic N) is 2. The van der Waals surface area contributed by atoms with E-state index in [-0.39, 0.29) is 6.03 Å². The van der Waals surface area contributed by atoms with Crippen molar-refractivity contribution < 1.29 is 4.79 Å². The molecule has 0 unspecified atom stereocenters. The molecule has 2 aromatic rings. The number of hydrogen-bond acceptors (Lipinski definition) is 4. The number of urea groups is 1. The predicted molar refractivity (Wildman–Crippen MR) is 123 cm³/mol. The number of amidine groups is 1. The number of piperazine rings is 1. The molecule has 0 aromatic heterocycles. The molecule has 7 heteroatoms. The van der Waals surface area contributed by atoms with Gasteiger partial charge in [0, 0.05) is 48.0 Å². The Labute approximate surface area is 178 Å². The van der Waals surface area contributed by atoms with Crippen LogP contribution in [0.25, 0.3) is 0 Å². The van der Waals surface area contributed by atoms with E-state index in [4.69, 9.17) is 5.41 Å². The Hall–Kier alpha value is -2.51. The quantitative estimate of drug-likeness (QED) is 0.324. The van der Waals surface area contributed by atoms with Gasteiger partial charge in [-0.15, -0.1) is 12.6 Å². The summed E-state index contributed by atoms with van der Waals surface area (Å²) in [6.45, 7) is 7.07. The van der Waals surface area contributed by atoms with Crippen molar-refractivity contribution >= 4 is 35.9 Å². The number of hydrogen-bond donors (Lipinski definition) is 4. The van der Waals surface area contributed by atoms with E-state index in [1.807, 2.05) is 36.4 Å². The lowest BCUT2D eigenvalue weighted by Crippen LogP contribution is -2.48. The summed E-state index contributed by atoms with van der Waals surface area (Å²) in [5.41, 5.74) is 2.17. The number of unbranched alkanes of at least 4 members (excludes halogenated alkanes) is 1. The van der Waals surface area contributed by atoms with Gasteiger partial charge in [-0.05, 0) is 49.4 Å². The lowest BCUT2D eigenvalue weighted by atomic mass is 10.1. The minimum absolute atomic E-state index is 0.315. The summed E-state index contributed by atoms with van der Waals surface area (Å²) >= 11 is 4.24. The van der Waals surface area contributed by atoms with Crippen LogP contribution in [0.5, 0.6) is 0 Å². The molecule has 0 spiro atoms. The molecule has 3 rings (SSSR count). The SMILES string of the molecule is CCCCN1CCN(C(=N)c2cccc(NC(=O)Nc3ccc(S)cc3)c2)CC1. The van der Waals surface area contributed by atoms with Crippen molar-refractivity contribution in [1.29, 1.82) is 5.41 Å². The van der Waals surface area contributed by atoms with Crippen LogP contribution in [-0.2, 0) is 0 Å². The maximum absolute atomic E-state index is 12.3. The molecule has 0 radical (unpaired) electrons. The van der Waals surface area contributed by atoms with Crippen LogP contribution in [0.15, 0.2) is 53.4 Å². The molecular weight excluding hydrogens is 382 g/mol. The molecule has 1 heterocycles. The maximum atomic E-state index is 12.3. The minimum atomic E-state index is -0.315. The fraction of sp³-hybridized carbons (Fsp3) is 0.364. The number of benzene rings is 2. The molecule has 1 saturated heterocycles. The Morgan fingerprint density at radius 2 is 1.72 bits per heavy atom.